The maximum atomic E-state index is 12.9. The Morgan fingerprint density at radius 2 is 1.73 bits per heavy atom. The largest absolute Gasteiger partial charge is 0.354 e. The Labute approximate surface area is 177 Å². The molecule has 1 aliphatic rings. The molecule has 0 bridgehead atoms. The molecule has 30 heavy (non-hydrogen) atoms. The molecule has 0 saturated heterocycles. The number of sulfone groups is 1. The van der Waals surface area contributed by atoms with Crippen LogP contribution in [0.2, 0.25) is 0 Å². The number of imidazole rings is 1. The van der Waals surface area contributed by atoms with E-state index >= 15 is 0 Å². The van der Waals surface area contributed by atoms with Gasteiger partial charge in [-0.1, -0.05) is 55.3 Å². The van der Waals surface area contributed by atoms with Crippen LogP contribution in [0.4, 0.5) is 0 Å². The third-order valence-corrected chi connectivity index (χ3v) is 6.78. The summed E-state index contributed by atoms with van der Waals surface area (Å²) in [6.07, 6.45) is 5.63. The molecule has 2 aromatic carbocycles. The molecule has 1 aromatic heterocycles. The zero-order valence-corrected chi connectivity index (χ0v) is 18.0. The van der Waals surface area contributed by atoms with Crippen LogP contribution in [0.1, 0.15) is 37.1 Å². The number of nitrogens with one attached hydrogen (secondary N) is 1. The van der Waals surface area contributed by atoms with Crippen LogP contribution < -0.4 is 5.32 Å². The van der Waals surface area contributed by atoms with Crippen molar-refractivity contribution in [3.63, 3.8) is 0 Å². The van der Waals surface area contributed by atoms with Gasteiger partial charge in [-0.15, -0.1) is 0 Å². The van der Waals surface area contributed by atoms with Crippen LogP contribution in [0.25, 0.3) is 11.0 Å². The number of hydrogen-bond donors (Lipinski definition) is 1. The SMILES string of the molecule is CS(=O)(=O)Cc1nc2ccccc2n1CC(=O)NCC1(c2ccccc2)CCCC1. The molecule has 1 amide bonds. The number of carbonyl (C=O) groups is 1. The van der Waals surface area contributed by atoms with Crippen molar-refractivity contribution in [2.45, 2.75) is 43.4 Å². The van der Waals surface area contributed by atoms with Crippen molar-refractivity contribution in [1.82, 2.24) is 14.9 Å². The molecule has 0 spiro atoms. The highest BCUT2D eigenvalue weighted by Gasteiger charge is 2.35. The fourth-order valence-electron chi connectivity index (χ4n) is 4.52. The van der Waals surface area contributed by atoms with Gasteiger partial charge in [0.25, 0.3) is 0 Å². The zero-order chi connectivity index (χ0) is 21.2. The van der Waals surface area contributed by atoms with Crippen LogP contribution in [0.5, 0.6) is 0 Å². The molecule has 0 unspecified atom stereocenters. The summed E-state index contributed by atoms with van der Waals surface area (Å²) in [4.78, 5) is 17.3. The quantitative estimate of drug-likeness (QED) is 0.630. The first-order valence-electron chi connectivity index (χ1n) is 10.3. The average molecular weight is 426 g/mol. The minimum absolute atomic E-state index is 0.0243. The molecule has 1 saturated carbocycles. The summed E-state index contributed by atoms with van der Waals surface area (Å²) in [5.41, 5.74) is 2.71. The summed E-state index contributed by atoms with van der Waals surface area (Å²) in [6.45, 7) is 0.639. The molecular formula is C23H27N3O3S. The fraction of sp³-hybridized carbons (Fsp3) is 0.391. The minimum atomic E-state index is -3.27. The number of nitrogens with zero attached hydrogens (tertiary/aromatic N) is 2. The smallest absolute Gasteiger partial charge is 0.240 e. The van der Waals surface area contributed by atoms with Gasteiger partial charge in [0, 0.05) is 18.2 Å². The lowest BCUT2D eigenvalue weighted by molar-refractivity contribution is -0.121. The molecular weight excluding hydrogens is 398 g/mol. The van der Waals surface area contributed by atoms with Gasteiger partial charge in [-0.3, -0.25) is 4.79 Å². The third kappa shape index (κ3) is 4.41. The maximum absolute atomic E-state index is 12.9. The zero-order valence-electron chi connectivity index (χ0n) is 17.2. The van der Waals surface area contributed by atoms with E-state index in [1.807, 2.05) is 42.5 Å². The molecule has 6 nitrogen and oxygen atoms in total. The predicted molar refractivity (Wildman–Crippen MR) is 118 cm³/mol. The van der Waals surface area contributed by atoms with Crippen LogP contribution in [0.3, 0.4) is 0 Å². The van der Waals surface area contributed by atoms with Crippen molar-refractivity contribution in [2.24, 2.45) is 0 Å². The summed E-state index contributed by atoms with van der Waals surface area (Å²) in [7, 11) is -3.27. The Morgan fingerprint density at radius 3 is 2.43 bits per heavy atom. The second kappa shape index (κ2) is 8.22. The molecule has 158 valence electrons. The fourth-order valence-corrected chi connectivity index (χ4v) is 5.21. The summed E-state index contributed by atoms with van der Waals surface area (Å²) in [5.74, 6) is 0.0747. The van der Waals surface area contributed by atoms with Crippen molar-refractivity contribution >= 4 is 26.8 Å². The molecule has 7 heteroatoms. The Balaban J connectivity index is 1.54. The number of para-hydroxylation sites is 2. The topological polar surface area (TPSA) is 81.1 Å². The van der Waals surface area contributed by atoms with Crippen molar-refractivity contribution in [2.75, 3.05) is 12.8 Å². The highest BCUT2D eigenvalue weighted by molar-refractivity contribution is 7.89. The van der Waals surface area contributed by atoms with Gasteiger partial charge in [-0.25, -0.2) is 13.4 Å². The van der Waals surface area contributed by atoms with Crippen molar-refractivity contribution < 1.29 is 13.2 Å². The van der Waals surface area contributed by atoms with Gasteiger partial charge in [0.2, 0.25) is 5.91 Å². The van der Waals surface area contributed by atoms with Crippen LogP contribution in [0, 0.1) is 0 Å². The van der Waals surface area contributed by atoms with E-state index in [0.717, 1.165) is 31.2 Å². The average Bonchev–Trinajstić information content (AvgIpc) is 3.32. The molecule has 1 N–H and O–H groups in total. The Hall–Kier alpha value is -2.67. The number of rotatable bonds is 7. The van der Waals surface area contributed by atoms with E-state index in [1.54, 1.807) is 4.57 Å². The van der Waals surface area contributed by atoms with Crippen LogP contribution >= 0.6 is 0 Å². The second-order valence-corrected chi connectivity index (χ2v) is 10.4. The number of fused-ring (bicyclic) bond motifs is 1. The lowest BCUT2D eigenvalue weighted by Crippen LogP contribution is -2.40. The standard InChI is InChI=1S/C23H27N3O3S/c1-30(28,29)16-21-25-19-11-5-6-12-20(19)26(21)15-22(27)24-17-23(13-7-8-14-23)18-9-3-2-4-10-18/h2-6,9-12H,7-8,13-17H2,1H3,(H,24,27). The van der Waals surface area contributed by atoms with Gasteiger partial charge in [0.15, 0.2) is 9.84 Å². The maximum Gasteiger partial charge on any atom is 0.240 e. The van der Waals surface area contributed by atoms with Gasteiger partial charge in [0.05, 0.1) is 11.0 Å². The van der Waals surface area contributed by atoms with Crippen LogP contribution in [-0.2, 0) is 32.3 Å². The molecule has 1 aliphatic carbocycles. The normalized spacial score (nSPS) is 16.0. The summed E-state index contributed by atoms with van der Waals surface area (Å²) in [6, 6.07) is 17.8. The summed E-state index contributed by atoms with van der Waals surface area (Å²) < 4.78 is 25.4. The van der Waals surface area contributed by atoms with Gasteiger partial charge in [-0.2, -0.15) is 0 Å². The van der Waals surface area contributed by atoms with E-state index < -0.39 is 9.84 Å². The second-order valence-electron chi connectivity index (χ2n) is 8.30. The molecule has 1 heterocycles. The number of carbonyl (C=O) groups excluding carboxylic acids is 1. The van der Waals surface area contributed by atoms with E-state index in [9.17, 15) is 13.2 Å². The molecule has 1 fully saturated rings. The van der Waals surface area contributed by atoms with E-state index in [2.05, 4.69) is 22.4 Å². The lowest BCUT2D eigenvalue weighted by Gasteiger charge is -2.30. The molecule has 3 aromatic rings. The van der Waals surface area contributed by atoms with Gasteiger partial charge in [0.1, 0.15) is 18.1 Å². The van der Waals surface area contributed by atoms with Crippen molar-refractivity contribution in [3.05, 3.63) is 66.0 Å². The van der Waals surface area contributed by atoms with Crippen molar-refractivity contribution in [3.8, 4) is 0 Å². The lowest BCUT2D eigenvalue weighted by atomic mass is 9.79. The molecule has 0 radical (unpaired) electrons. The first-order chi connectivity index (χ1) is 14.4. The number of hydrogen-bond acceptors (Lipinski definition) is 4. The predicted octanol–water partition coefficient (Wildman–Crippen LogP) is 3.21. The number of aromatic nitrogens is 2. The van der Waals surface area contributed by atoms with Crippen LogP contribution in [0.15, 0.2) is 54.6 Å². The first kappa shape index (κ1) is 20.6. The first-order valence-corrected chi connectivity index (χ1v) is 12.4. The highest BCUT2D eigenvalue weighted by Crippen LogP contribution is 2.40. The van der Waals surface area contributed by atoms with Gasteiger partial charge >= 0.3 is 0 Å². The summed E-state index contributed by atoms with van der Waals surface area (Å²) in [5, 5.41) is 3.12. The monoisotopic (exact) mass is 425 g/mol. The number of benzene rings is 2. The molecule has 4 rings (SSSR count). The van der Waals surface area contributed by atoms with Crippen molar-refractivity contribution in [1.29, 1.82) is 0 Å². The Kier molecular flexibility index (Phi) is 5.64. The number of amides is 1. The van der Waals surface area contributed by atoms with E-state index in [1.165, 1.54) is 11.8 Å². The Bertz CT molecular complexity index is 1150. The van der Waals surface area contributed by atoms with E-state index in [-0.39, 0.29) is 23.6 Å². The van der Waals surface area contributed by atoms with Crippen LogP contribution in [-0.4, -0.2) is 36.7 Å². The summed E-state index contributed by atoms with van der Waals surface area (Å²) >= 11 is 0. The minimum Gasteiger partial charge on any atom is -0.354 e. The van der Waals surface area contributed by atoms with Gasteiger partial charge in [-0.05, 0) is 30.5 Å². The molecule has 0 atom stereocenters. The third-order valence-electron chi connectivity index (χ3n) is 6.00. The van der Waals surface area contributed by atoms with Gasteiger partial charge < -0.3 is 9.88 Å². The van der Waals surface area contributed by atoms with E-state index in [0.29, 0.717) is 17.9 Å². The molecule has 0 aliphatic heterocycles. The van der Waals surface area contributed by atoms with E-state index in [4.69, 9.17) is 0 Å². The highest BCUT2D eigenvalue weighted by atomic mass is 32.2. The Morgan fingerprint density at radius 1 is 1.07 bits per heavy atom.